The predicted molar refractivity (Wildman–Crippen MR) is 119 cm³/mol. The van der Waals surface area contributed by atoms with E-state index in [0.717, 1.165) is 44.0 Å². The van der Waals surface area contributed by atoms with Crippen LogP contribution in [-0.4, -0.2) is 42.6 Å². The number of anilines is 1. The average Bonchev–Trinajstić information content (AvgIpc) is 3.12. The van der Waals surface area contributed by atoms with Gasteiger partial charge in [0.15, 0.2) is 0 Å². The van der Waals surface area contributed by atoms with Gasteiger partial charge in [-0.05, 0) is 36.4 Å². The van der Waals surface area contributed by atoms with Crippen LogP contribution in [-0.2, 0) is 6.42 Å². The fourth-order valence-corrected chi connectivity index (χ4v) is 4.27. The van der Waals surface area contributed by atoms with Gasteiger partial charge in [-0.15, -0.1) is 0 Å². The van der Waals surface area contributed by atoms with Crippen molar-refractivity contribution in [1.29, 1.82) is 0 Å². The minimum absolute atomic E-state index is 0.328. The molecule has 1 aliphatic heterocycles. The molecule has 30 heavy (non-hydrogen) atoms. The van der Waals surface area contributed by atoms with Crippen molar-refractivity contribution < 1.29 is 8.81 Å². The molecule has 158 valence electrons. The number of hydrogen-bond acceptors (Lipinski definition) is 4. The highest BCUT2D eigenvalue weighted by Gasteiger charge is 2.21. The Balaban J connectivity index is 1.38. The van der Waals surface area contributed by atoms with E-state index >= 15 is 0 Å². The molecule has 1 aliphatic rings. The van der Waals surface area contributed by atoms with Crippen LogP contribution in [0.4, 0.5) is 10.1 Å². The summed E-state index contributed by atoms with van der Waals surface area (Å²) in [5.74, 6) is -0.268. The second-order valence-corrected chi connectivity index (χ2v) is 8.26. The van der Waals surface area contributed by atoms with Crippen molar-refractivity contribution in [1.82, 2.24) is 9.88 Å². The number of nitrogens with one attached hydrogen (secondary N) is 1. The van der Waals surface area contributed by atoms with E-state index in [4.69, 9.17) is 39.2 Å². The van der Waals surface area contributed by atoms with Crippen LogP contribution in [0.5, 0.6) is 0 Å². The van der Waals surface area contributed by atoms with E-state index in [2.05, 4.69) is 14.8 Å². The summed E-state index contributed by atoms with van der Waals surface area (Å²) in [6, 6.07) is 9.60. The van der Waals surface area contributed by atoms with E-state index in [0.29, 0.717) is 32.9 Å². The highest BCUT2D eigenvalue weighted by Crippen LogP contribution is 2.37. The van der Waals surface area contributed by atoms with Crippen molar-refractivity contribution in [3.63, 3.8) is 0 Å². The fourth-order valence-electron chi connectivity index (χ4n) is 3.62. The van der Waals surface area contributed by atoms with E-state index in [1.54, 1.807) is 18.2 Å². The van der Waals surface area contributed by atoms with Crippen molar-refractivity contribution in [2.45, 2.75) is 6.42 Å². The van der Waals surface area contributed by atoms with Crippen LogP contribution >= 0.6 is 34.8 Å². The lowest BCUT2D eigenvalue weighted by molar-refractivity contribution is 0.254. The van der Waals surface area contributed by atoms with Gasteiger partial charge < -0.3 is 9.32 Å². The van der Waals surface area contributed by atoms with E-state index in [9.17, 15) is 9.18 Å². The molecule has 2 heterocycles. The quantitative estimate of drug-likeness (QED) is 0.527. The maximum Gasteiger partial charge on any atom is 0.416 e. The summed E-state index contributed by atoms with van der Waals surface area (Å²) in [5.41, 5.74) is 2.19. The Bertz CT molecular complexity index is 1090. The molecule has 0 amide bonds. The minimum Gasteiger partial charge on any atom is -0.412 e. The molecule has 1 fully saturated rings. The second-order valence-electron chi connectivity index (χ2n) is 7.09. The van der Waals surface area contributed by atoms with E-state index in [1.165, 1.54) is 12.1 Å². The SMILES string of the molecule is O=c1[nH]c(-c2ccc(F)cc2)c(CCN2CCN(c3ccc(Cl)c(Cl)c3Cl)CC2)o1. The molecule has 0 bridgehead atoms. The third-order valence-corrected chi connectivity index (χ3v) is 6.52. The van der Waals surface area contributed by atoms with Crippen LogP contribution in [0.3, 0.4) is 0 Å². The maximum absolute atomic E-state index is 13.2. The molecule has 0 aliphatic carbocycles. The monoisotopic (exact) mass is 469 g/mol. The first-order valence-electron chi connectivity index (χ1n) is 9.51. The topological polar surface area (TPSA) is 52.5 Å². The third kappa shape index (κ3) is 4.52. The summed E-state index contributed by atoms with van der Waals surface area (Å²) < 4.78 is 18.5. The molecular weight excluding hydrogens is 452 g/mol. The fraction of sp³-hybridized carbons (Fsp3) is 0.286. The number of nitrogens with zero attached hydrogens (tertiary/aromatic N) is 2. The number of aromatic amines is 1. The smallest absolute Gasteiger partial charge is 0.412 e. The molecule has 0 spiro atoms. The van der Waals surface area contributed by atoms with Gasteiger partial charge in [0.25, 0.3) is 0 Å². The molecule has 0 atom stereocenters. The van der Waals surface area contributed by atoms with Crippen LogP contribution < -0.4 is 10.7 Å². The third-order valence-electron chi connectivity index (χ3n) is 5.24. The Morgan fingerprint density at radius 3 is 2.37 bits per heavy atom. The van der Waals surface area contributed by atoms with Gasteiger partial charge >= 0.3 is 5.76 Å². The molecule has 0 unspecified atom stereocenters. The van der Waals surface area contributed by atoms with Crippen LogP contribution in [0.1, 0.15) is 5.76 Å². The van der Waals surface area contributed by atoms with Gasteiger partial charge in [0.1, 0.15) is 11.6 Å². The molecule has 0 radical (unpaired) electrons. The van der Waals surface area contributed by atoms with E-state index in [-0.39, 0.29) is 5.82 Å². The number of rotatable bonds is 5. The van der Waals surface area contributed by atoms with Crippen LogP contribution in [0.15, 0.2) is 45.6 Å². The van der Waals surface area contributed by atoms with E-state index < -0.39 is 5.76 Å². The second kappa shape index (κ2) is 9.02. The summed E-state index contributed by atoms with van der Waals surface area (Å²) in [7, 11) is 0. The summed E-state index contributed by atoms with van der Waals surface area (Å²) in [6.07, 6.45) is 0.568. The highest BCUT2D eigenvalue weighted by atomic mass is 35.5. The number of aromatic nitrogens is 1. The first-order valence-corrected chi connectivity index (χ1v) is 10.6. The zero-order chi connectivity index (χ0) is 21.3. The highest BCUT2D eigenvalue weighted by molar-refractivity contribution is 6.49. The van der Waals surface area contributed by atoms with Gasteiger partial charge in [-0.2, -0.15) is 0 Å². The molecule has 1 saturated heterocycles. The lowest BCUT2D eigenvalue weighted by atomic mass is 10.1. The van der Waals surface area contributed by atoms with Crippen molar-refractivity contribution in [2.75, 3.05) is 37.6 Å². The Kier molecular flexibility index (Phi) is 6.39. The van der Waals surface area contributed by atoms with Crippen molar-refractivity contribution in [3.8, 4) is 11.3 Å². The zero-order valence-electron chi connectivity index (χ0n) is 15.9. The molecule has 5 nitrogen and oxygen atoms in total. The van der Waals surface area contributed by atoms with Crippen molar-refractivity contribution in [3.05, 3.63) is 73.6 Å². The molecule has 9 heteroatoms. The number of halogens is 4. The normalized spacial score (nSPS) is 15.0. The molecule has 2 aromatic carbocycles. The average molecular weight is 471 g/mol. The van der Waals surface area contributed by atoms with Gasteiger partial charge in [0.2, 0.25) is 0 Å². The van der Waals surface area contributed by atoms with Gasteiger partial charge in [-0.25, -0.2) is 9.18 Å². The Morgan fingerprint density at radius 2 is 1.67 bits per heavy atom. The predicted octanol–water partition coefficient (Wildman–Crippen LogP) is 5.10. The lowest BCUT2D eigenvalue weighted by Crippen LogP contribution is -2.47. The van der Waals surface area contributed by atoms with Gasteiger partial charge in [-0.1, -0.05) is 34.8 Å². The zero-order valence-corrected chi connectivity index (χ0v) is 18.2. The molecular formula is C21H19Cl3FN3O2. The summed E-state index contributed by atoms with van der Waals surface area (Å²) >= 11 is 18.5. The van der Waals surface area contributed by atoms with Gasteiger partial charge in [0, 0.05) is 44.7 Å². The summed E-state index contributed by atoms with van der Waals surface area (Å²) in [4.78, 5) is 18.9. The van der Waals surface area contributed by atoms with Crippen LogP contribution in [0.25, 0.3) is 11.3 Å². The van der Waals surface area contributed by atoms with Crippen LogP contribution in [0, 0.1) is 5.82 Å². The largest absolute Gasteiger partial charge is 0.416 e. The lowest BCUT2D eigenvalue weighted by Gasteiger charge is -2.36. The number of benzene rings is 2. The standard InChI is InChI=1S/C21H19Cl3FN3O2/c22-15-5-6-16(19(24)18(15)23)28-11-9-27(10-12-28)8-7-17-20(26-21(29)30-17)13-1-3-14(25)4-2-13/h1-6H,7-12H2,(H,26,29). The number of piperazine rings is 1. The first-order chi connectivity index (χ1) is 14.4. The number of hydrogen-bond donors (Lipinski definition) is 1. The Morgan fingerprint density at radius 1 is 0.967 bits per heavy atom. The summed E-state index contributed by atoms with van der Waals surface area (Å²) in [5, 5.41) is 1.28. The molecule has 1 N–H and O–H groups in total. The van der Waals surface area contributed by atoms with Crippen LogP contribution in [0.2, 0.25) is 15.1 Å². The number of H-pyrrole nitrogens is 1. The van der Waals surface area contributed by atoms with Gasteiger partial charge in [-0.3, -0.25) is 9.88 Å². The number of oxazole rings is 1. The Labute approximate surface area is 187 Å². The van der Waals surface area contributed by atoms with E-state index in [1.807, 2.05) is 6.07 Å². The van der Waals surface area contributed by atoms with Crippen molar-refractivity contribution >= 4 is 40.5 Å². The van der Waals surface area contributed by atoms with Crippen molar-refractivity contribution in [2.24, 2.45) is 0 Å². The summed E-state index contributed by atoms with van der Waals surface area (Å²) in [6.45, 7) is 3.98. The molecule has 4 rings (SSSR count). The first kappa shape index (κ1) is 21.2. The van der Waals surface area contributed by atoms with Gasteiger partial charge in [0.05, 0.1) is 26.4 Å². The minimum atomic E-state index is -0.511. The molecule has 1 aromatic heterocycles. The molecule has 3 aromatic rings. The maximum atomic E-state index is 13.2. The molecule has 0 saturated carbocycles. The Hall–Kier alpha value is -1.99.